The summed E-state index contributed by atoms with van der Waals surface area (Å²) in [6.07, 6.45) is 0.0491. The van der Waals surface area contributed by atoms with Gasteiger partial charge >= 0.3 is 0 Å². The van der Waals surface area contributed by atoms with Crippen LogP contribution in [0.25, 0.3) is 10.8 Å². The first-order valence-electron chi connectivity index (χ1n) is 7.55. The van der Waals surface area contributed by atoms with Crippen molar-refractivity contribution in [2.24, 2.45) is 0 Å². The van der Waals surface area contributed by atoms with E-state index in [0.717, 1.165) is 28.5 Å². The molecule has 0 fully saturated rings. The van der Waals surface area contributed by atoms with Crippen molar-refractivity contribution in [3.05, 3.63) is 83.4 Å². The maximum absolute atomic E-state index is 13.5. The minimum absolute atomic E-state index is 0.0491. The van der Waals surface area contributed by atoms with Crippen LogP contribution in [0.1, 0.15) is 15.9 Å². The van der Waals surface area contributed by atoms with E-state index in [-0.39, 0.29) is 12.0 Å². The summed E-state index contributed by atoms with van der Waals surface area (Å²) in [5, 5.41) is 1.95. The second kappa shape index (κ2) is 7.09. The summed E-state index contributed by atoms with van der Waals surface area (Å²) >= 11 is 0. The van der Waals surface area contributed by atoms with E-state index in [1.807, 2.05) is 42.5 Å². The lowest BCUT2D eigenvalue weighted by atomic mass is 10.0. The van der Waals surface area contributed by atoms with Crippen LogP contribution < -0.4 is 10.9 Å². The number of hydrogen-bond donors (Lipinski definition) is 2. The third-order valence-corrected chi connectivity index (χ3v) is 3.72. The van der Waals surface area contributed by atoms with Crippen molar-refractivity contribution in [2.75, 3.05) is 0 Å². The zero-order valence-corrected chi connectivity index (χ0v) is 13.1. The number of nitrogens with one attached hydrogen (secondary N) is 2. The van der Waals surface area contributed by atoms with Crippen molar-refractivity contribution < 1.29 is 18.4 Å². The molecule has 25 heavy (non-hydrogen) atoms. The highest BCUT2D eigenvalue weighted by Crippen LogP contribution is 2.18. The molecule has 0 aromatic heterocycles. The van der Waals surface area contributed by atoms with Gasteiger partial charge in [-0.05, 0) is 28.5 Å². The molecule has 3 aromatic carbocycles. The van der Waals surface area contributed by atoms with Crippen LogP contribution in [0.5, 0.6) is 0 Å². The molecular formula is C19H14F2N2O2. The van der Waals surface area contributed by atoms with E-state index in [1.165, 1.54) is 0 Å². The van der Waals surface area contributed by atoms with Crippen LogP contribution in [-0.4, -0.2) is 11.8 Å². The van der Waals surface area contributed by atoms with Crippen LogP contribution in [0.4, 0.5) is 8.78 Å². The quantitative estimate of drug-likeness (QED) is 0.720. The second-order valence-electron chi connectivity index (χ2n) is 5.44. The highest BCUT2D eigenvalue weighted by molar-refractivity contribution is 5.96. The van der Waals surface area contributed by atoms with E-state index in [1.54, 1.807) is 0 Å². The Morgan fingerprint density at radius 2 is 1.64 bits per heavy atom. The molecule has 0 bridgehead atoms. The monoisotopic (exact) mass is 340 g/mol. The predicted octanol–water partition coefficient (Wildman–Crippen LogP) is 3.12. The van der Waals surface area contributed by atoms with E-state index in [9.17, 15) is 18.4 Å². The van der Waals surface area contributed by atoms with Crippen LogP contribution >= 0.6 is 0 Å². The van der Waals surface area contributed by atoms with E-state index >= 15 is 0 Å². The molecule has 0 spiro atoms. The number of halogens is 2. The molecule has 0 aliphatic heterocycles. The SMILES string of the molecule is O=C(Cc1cccc2ccccc12)NNC(=O)c1ccc(F)cc1F. The van der Waals surface area contributed by atoms with Gasteiger partial charge in [0, 0.05) is 6.07 Å². The van der Waals surface area contributed by atoms with Gasteiger partial charge in [-0.2, -0.15) is 0 Å². The molecule has 3 rings (SSSR count). The summed E-state index contributed by atoms with van der Waals surface area (Å²) in [5.74, 6) is -3.09. The molecule has 0 aliphatic rings. The van der Waals surface area contributed by atoms with Gasteiger partial charge in [-0.1, -0.05) is 42.5 Å². The Kier molecular flexibility index (Phi) is 4.70. The number of hydrogen-bond acceptors (Lipinski definition) is 2. The fraction of sp³-hybridized carbons (Fsp3) is 0.0526. The minimum atomic E-state index is -0.999. The average Bonchev–Trinajstić information content (AvgIpc) is 2.60. The maximum Gasteiger partial charge on any atom is 0.272 e. The van der Waals surface area contributed by atoms with Crippen LogP contribution in [0.3, 0.4) is 0 Å². The molecule has 0 aliphatic carbocycles. The lowest BCUT2D eigenvalue weighted by Crippen LogP contribution is -2.42. The lowest BCUT2D eigenvalue weighted by Gasteiger charge is -2.09. The predicted molar refractivity (Wildman–Crippen MR) is 89.6 cm³/mol. The Bertz CT molecular complexity index is 952. The van der Waals surface area contributed by atoms with Crippen molar-refractivity contribution in [2.45, 2.75) is 6.42 Å². The maximum atomic E-state index is 13.5. The first kappa shape index (κ1) is 16.6. The van der Waals surface area contributed by atoms with Crippen LogP contribution in [0.2, 0.25) is 0 Å². The molecule has 2 N–H and O–H groups in total. The number of benzene rings is 3. The van der Waals surface area contributed by atoms with E-state index in [4.69, 9.17) is 0 Å². The molecule has 0 radical (unpaired) electrons. The Hall–Kier alpha value is -3.28. The summed E-state index contributed by atoms with van der Waals surface area (Å²) in [6.45, 7) is 0. The molecule has 4 nitrogen and oxygen atoms in total. The fourth-order valence-electron chi connectivity index (χ4n) is 2.53. The molecule has 0 atom stereocenters. The number of fused-ring (bicyclic) bond motifs is 1. The fourth-order valence-corrected chi connectivity index (χ4v) is 2.53. The first-order valence-corrected chi connectivity index (χ1v) is 7.55. The number of carbonyl (C=O) groups excluding carboxylic acids is 2. The Morgan fingerprint density at radius 1 is 0.880 bits per heavy atom. The zero-order valence-electron chi connectivity index (χ0n) is 13.1. The molecule has 0 unspecified atom stereocenters. The highest BCUT2D eigenvalue weighted by Gasteiger charge is 2.13. The number of rotatable bonds is 3. The van der Waals surface area contributed by atoms with Gasteiger partial charge in [0.1, 0.15) is 11.6 Å². The second-order valence-corrected chi connectivity index (χ2v) is 5.44. The largest absolute Gasteiger partial charge is 0.273 e. The third-order valence-electron chi connectivity index (χ3n) is 3.72. The number of amides is 2. The van der Waals surface area contributed by atoms with Gasteiger partial charge in [0.2, 0.25) is 5.91 Å². The first-order chi connectivity index (χ1) is 12.0. The number of carbonyl (C=O) groups is 2. The molecular weight excluding hydrogens is 326 g/mol. The molecule has 6 heteroatoms. The number of hydrazine groups is 1. The minimum Gasteiger partial charge on any atom is -0.273 e. The zero-order chi connectivity index (χ0) is 17.8. The van der Waals surface area contributed by atoms with Gasteiger partial charge in [0.15, 0.2) is 0 Å². The Labute approximate surface area is 142 Å². The molecule has 2 amide bonds. The summed E-state index contributed by atoms with van der Waals surface area (Å²) in [5.41, 5.74) is 4.81. The van der Waals surface area contributed by atoms with E-state index < -0.39 is 23.4 Å². The van der Waals surface area contributed by atoms with Crippen molar-refractivity contribution in [3.63, 3.8) is 0 Å². The molecule has 3 aromatic rings. The van der Waals surface area contributed by atoms with Crippen molar-refractivity contribution in [3.8, 4) is 0 Å². The van der Waals surface area contributed by atoms with Crippen LogP contribution in [0.15, 0.2) is 60.7 Å². The van der Waals surface area contributed by atoms with Gasteiger partial charge in [-0.15, -0.1) is 0 Å². The van der Waals surface area contributed by atoms with Crippen molar-refractivity contribution in [1.29, 1.82) is 0 Å². The summed E-state index contributed by atoms with van der Waals surface area (Å²) in [4.78, 5) is 23.9. The third kappa shape index (κ3) is 3.80. The Balaban J connectivity index is 1.65. The van der Waals surface area contributed by atoms with Gasteiger partial charge < -0.3 is 0 Å². The van der Waals surface area contributed by atoms with Gasteiger partial charge in [-0.3, -0.25) is 20.4 Å². The normalized spacial score (nSPS) is 10.5. The molecule has 0 saturated carbocycles. The van der Waals surface area contributed by atoms with Crippen LogP contribution in [-0.2, 0) is 11.2 Å². The van der Waals surface area contributed by atoms with Crippen LogP contribution in [0, 0.1) is 11.6 Å². The van der Waals surface area contributed by atoms with E-state index in [0.29, 0.717) is 6.07 Å². The molecule has 0 heterocycles. The standard InChI is InChI=1S/C19H14F2N2O2/c20-14-8-9-16(17(21)11-14)19(25)23-22-18(24)10-13-6-3-5-12-4-1-2-7-15(12)13/h1-9,11H,10H2,(H,22,24)(H,23,25). The highest BCUT2D eigenvalue weighted by atomic mass is 19.1. The van der Waals surface area contributed by atoms with Crippen molar-refractivity contribution in [1.82, 2.24) is 10.9 Å². The topological polar surface area (TPSA) is 58.2 Å². The summed E-state index contributed by atoms with van der Waals surface area (Å²) in [6, 6.07) is 15.8. The smallest absolute Gasteiger partial charge is 0.272 e. The van der Waals surface area contributed by atoms with Gasteiger partial charge in [-0.25, -0.2) is 8.78 Å². The van der Waals surface area contributed by atoms with Gasteiger partial charge in [0.25, 0.3) is 5.91 Å². The molecule has 0 saturated heterocycles. The van der Waals surface area contributed by atoms with Gasteiger partial charge in [0.05, 0.1) is 12.0 Å². The lowest BCUT2D eigenvalue weighted by molar-refractivity contribution is -0.121. The Morgan fingerprint density at radius 3 is 2.44 bits per heavy atom. The van der Waals surface area contributed by atoms with Crippen molar-refractivity contribution >= 4 is 22.6 Å². The van der Waals surface area contributed by atoms with E-state index in [2.05, 4.69) is 10.9 Å². The summed E-state index contributed by atoms with van der Waals surface area (Å²) < 4.78 is 26.4. The molecule has 126 valence electrons. The average molecular weight is 340 g/mol. The summed E-state index contributed by atoms with van der Waals surface area (Å²) in [7, 11) is 0.